The number of fused-ring (bicyclic) bond motifs is 3. The first kappa shape index (κ1) is 61.4. The van der Waals surface area contributed by atoms with E-state index in [1.807, 2.05) is 0 Å². The summed E-state index contributed by atoms with van der Waals surface area (Å²) < 4.78 is 26.0. The number of aliphatic carboxylic acids is 1. The van der Waals surface area contributed by atoms with Gasteiger partial charge in [0.25, 0.3) is 0 Å². The van der Waals surface area contributed by atoms with Gasteiger partial charge in [-0.2, -0.15) is 0 Å². The van der Waals surface area contributed by atoms with Gasteiger partial charge in [-0.1, -0.05) is 12.1 Å². The fourth-order valence-corrected chi connectivity index (χ4v) is 7.29. The summed E-state index contributed by atoms with van der Waals surface area (Å²) in [6, 6.07) is 2.48. The van der Waals surface area contributed by atoms with Gasteiger partial charge in [0, 0.05) is 117 Å². The van der Waals surface area contributed by atoms with Crippen LogP contribution in [0.3, 0.4) is 0 Å². The molecule has 0 unspecified atom stereocenters. The first-order valence-corrected chi connectivity index (χ1v) is 20.1. The second-order valence-corrected chi connectivity index (χ2v) is 15.7. The summed E-state index contributed by atoms with van der Waals surface area (Å²) in [4.78, 5) is 70.5. The van der Waals surface area contributed by atoms with E-state index in [4.69, 9.17) is 61.4 Å². The molecule has 5 aliphatic rings. The van der Waals surface area contributed by atoms with Crippen LogP contribution in [0.5, 0.6) is 17.2 Å². The van der Waals surface area contributed by atoms with Gasteiger partial charge in [0.2, 0.25) is 23.1 Å². The fourth-order valence-electron chi connectivity index (χ4n) is 7.29. The number of carboxylic acids is 1. The fraction of sp³-hybridized carbons (Fsp3) is 0.476. The van der Waals surface area contributed by atoms with Crippen molar-refractivity contribution in [2.45, 2.75) is 101 Å². The number of carbonyl (C=O) groups is 6. The number of rotatable bonds is 9. The van der Waals surface area contributed by atoms with Crippen molar-refractivity contribution in [3.8, 4) is 17.2 Å². The van der Waals surface area contributed by atoms with Crippen LogP contribution in [0.25, 0.3) is 0 Å². The number of methoxy groups -OCH3 is 1. The van der Waals surface area contributed by atoms with Crippen molar-refractivity contribution in [2.75, 3.05) is 26.9 Å². The topological polar surface area (TPSA) is 443 Å². The number of carboxylic acid groups (broad SMARTS) is 1. The minimum Gasteiger partial charge on any atom is -0.507 e. The number of cyclic esters (lactones) is 1. The van der Waals surface area contributed by atoms with Gasteiger partial charge >= 0.3 is 11.9 Å². The molecule has 2 aromatic rings. The van der Waals surface area contributed by atoms with Crippen molar-refractivity contribution in [2.24, 2.45) is 11.5 Å². The minimum absolute atomic E-state index is 0. The Morgan fingerprint density at radius 2 is 1.57 bits per heavy atom. The quantitative estimate of drug-likeness (QED) is 0.0576. The molecular formula is C42H52Ca2N2O23. The summed E-state index contributed by atoms with van der Waals surface area (Å²) in [6.45, 7) is 2.77. The molecule has 25 nitrogen and oxygen atoms in total. The van der Waals surface area contributed by atoms with Crippen LogP contribution < -0.4 is 16.2 Å². The number of aliphatic hydroxyl groups excluding tert-OH is 8. The maximum atomic E-state index is 13.6. The first-order valence-electron chi connectivity index (χ1n) is 20.1. The smallest absolute Gasteiger partial charge is 0.377 e. The maximum Gasteiger partial charge on any atom is 0.377 e. The predicted molar refractivity (Wildman–Crippen MR) is 232 cm³/mol. The third kappa shape index (κ3) is 13.2. The van der Waals surface area contributed by atoms with Crippen LogP contribution in [0.1, 0.15) is 82.7 Å². The maximum absolute atomic E-state index is 13.6. The third-order valence-electron chi connectivity index (χ3n) is 11.1. The molecule has 7 rings (SSSR count). The molecule has 0 spiro atoms. The van der Waals surface area contributed by atoms with E-state index in [1.54, 1.807) is 13.8 Å². The van der Waals surface area contributed by atoms with Gasteiger partial charge in [0.15, 0.2) is 36.3 Å². The third-order valence-corrected chi connectivity index (χ3v) is 11.1. The number of aromatic hydroxyl groups is 2. The number of Topliss-reactive ketones (excluding diaryl/α,β-unsaturated/α-hetero) is 2. The van der Waals surface area contributed by atoms with E-state index in [9.17, 15) is 54.3 Å². The standard InChI is InChI=1S/C27H29NO11.C6H8O6.C5H6O3.C4H9NO3.2Ca/c1-10-22(31)13(28)6-17(38-10)39-15-8-27(36,16(30)9-29)7-12-19(15)26(35)21-20(24(12)33)23(32)11-4-3-5-14(37-2)18(11)25(21)34;7-1-2(8)5-3(9)4(10)6(11)12-5;1-3-5(7)4(6)2-8-3;1-2(6)3(5)4(7)8;;/h3-5,10,13,15,17,22,29,31,33,35-36H,6-9,28H2,1-2H3;2,5,7-10H,1H2;7H,2H2,1H3;2-3,6H,5H2,1H3,(H,7,8);;/t10-,13-,15-,17-,22+,27-;2-,5+;;2-,3+;;/m00.1../s1. The number of phenolic OH excluding ortho intramolecular Hbond substituents is 2. The first-order chi connectivity index (χ1) is 31.3. The molecule has 0 bridgehead atoms. The Balaban J connectivity index is 0.000000441. The van der Waals surface area contributed by atoms with Gasteiger partial charge in [-0.25, -0.2) is 4.79 Å². The van der Waals surface area contributed by atoms with Crippen molar-refractivity contribution >= 4 is 111 Å². The van der Waals surface area contributed by atoms with Gasteiger partial charge in [-0.15, -0.1) is 0 Å². The van der Waals surface area contributed by atoms with Crippen molar-refractivity contribution in [3.05, 3.63) is 74.6 Å². The van der Waals surface area contributed by atoms with Gasteiger partial charge in [-0.3, -0.25) is 24.0 Å². The van der Waals surface area contributed by atoms with Crippen molar-refractivity contribution in [3.63, 3.8) is 0 Å². The summed E-state index contributed by atoms with van der Waals surface area (Å²) in [6.07, 6.45) is -8.88. The molecule has 10 atom stereocenters. The van der Waals surface area contributed by atoms with Crippen LogP contribution in [0.2, 0.25) is 0 Å². The Morgan fingerprint density at radius 3 is 2.00 bits per heavy atom. The normalized spacial score (nSPS) is 25.6. The molecule has 16 N–H and O–H groups in total. The zero-order valence-electron chi connectivity index (χ0n) is 37.6. The number of allylic oxidation sites excluding steroid dienone is 1. The van der Waals surface area contributed by atoms with E-state index in [1.165, 1.54) is 32.2 Å². The van der Waals surface area contributed by atoms with Gasteiger partial charge in [0.1, 0.15) is 47.4 Å². The largest absolute Gasteiger partial charge is 0.507 e. The number of ether oxygens (including phenoxy) is 5. The number of aliphatic hydroxyl groups is 9. The van der Waals surface area contributed by atoms with Gasteiger partial charge in [-0.05, 0) is 26.8 Å². The molecule has 3 aliphatic heterocycles. The summed E-state index contributed by atoms with van der Waals surface area (Å²) in [5.41, 5.74) is 7.28. The van der Waals surface area contributed by atoms with Crippen molar-refractivity contribution < 1.29 is 114 Å². The summed E-state index contributed by atoms with van der Waals surface area (Å²) in [5.74, 6) is -7.97. The van der Waals surface area contributed by atoms with E-state index in [0.29, 0.717) is 5.76 Å². The molecule has 372 valence electrons. The van der Waals surface area contributed by atoms with E-state index in [0.717, 1.165) is 0 Å². The Labute approximate surface area is 451 Å². The molecular weight excluding hydrogens is 981 g/mol. The average Bonchev–Trinajstić information content (AvgIpc) is 3.73. The average molecular weight is 1030 g/mol. The number of benzene rings is 2. The van der Waals surface area contributed by atoms with Crippen molar-refractivity contribution in [1.82, 2.24) is 0 Å². The molecule has 2 aromatic carbocycles. The van der Waals surface area contributed by atoms with E-state index < -0.39 is 150 Å². The van der Waals surface area contributed by atoms with Gasteiger partial charge < -0.3 is 96.4 Å². The molecule has 69 heavy (non-hydrogen) atoms. The molecule has 3 heterocycles. The number of nitrogens with two attached hydrogens (primary N) is 2. The molecule has 1 saturated heterocycles. The molecule has 1 fully saturated rings. The van der Waals surface area contributed by atoms with E-state index in [2.05, 4.69) is 9.47 Å². The summed E-state index contributed by atoms with van der Waals surface area (Å²) >= 11 is 0. The predicted octanol–water partition coefficient (Wildman–Crippen LogP) is -3.01. The molecule has 0 saturated carbocycles. The molecule has 27 heteroatoms. The number of ketones is 4. The van der Waals surface area contributed by atoms with Crippen LogP contribution in [0.4, 0.5) is 0 Å². The van der Waals surface area contributed by atoms with Crippen LogP contribution >= 0.6 is 0 Å². The zero-order chi connectivity index (χ0) is 50.6. The summed E-state index contributed by atoms with van der Waals surface area (Å²) in [5, 5.41) is 114. The van der Waals surface area contributed by atoms with Crippen LogP contribution in [0, 0.1) is 0 Å². The number of hydrogen-bond donors (Lipinski definition) is 14. The monoisotopic (exact) mass is 1030 g/mol. The number of hydrogen-bond acceptors (Lipinski definition) is 24. The minimum atomic E-state index is -2.24. The number of carbonyl (C=O) groups excluding carboxylic acids is 5. The molecule has 0 aromatic heterocycles. The number of phenols is 2. The SMILES string of the molecule is CC1=C(O)C(=O)CO1.COc1cccc2c1C(=O)c1c(O)c3c(c(O)c1C2=O)C[C@@](O)(C(=O)CO)C[C@@H]3O[C@H]1C[C@H](N)[C@H](O)[C@H](C)O1.C[C@@H](O)[C@H](N)C(=O)O.O=C1O[C@H]([C@@H](O)CO)C(O)=C1O.[Ca].[Ca]. The van der Waals surface area contributed by atoms with Crippen LogP contribution in [0.15, 0.2) is 41.2 Å². The molecule has 2 aliphatic carbocycles. The summed E-state index contributed by atoms with van der Waals surface area (Å²) in [7, 11) is 1.32. The van der Waals surface area contributed by atoms with Crippen molar-refractivity contribution in [1.29, 1.82) is 0 Å². The molecule has 4 radical (unpaired) electrons. The van der Waals surface area contributed by atoms with E-state index in [-0.39, 0.29) is 128 Å². The molecule has 0 amide bonds. The Kier molecular flexibility index (Phi) is 22.8. The Morgan fingerprint density at radius 1 is 0.957 bits per heavy atom. The zero-order valence-corrected chi connectivity index (χ0v) is 42.0. The Hall–Kier alpha value is -3.74. The second kappa shape index (κ2) is 25.6. The van der Waals surface area contributed by atoms with Crippen LogP contribution in [-0.4, -0.2) is 253 Å². The second-order valence-electron chi connectivity index (χ2n) is 15.7. The van der Waals surface area contributed by atoms with E-state index >= 15 is 0 Å². The number of esters is 1. The Bertz CT molecular complexity index is 2340. The van der Waals surface area contributed by atoms with Crippen LogP contribution in [-0.2, 0) is 44.5 Å². The van der Waals surface area contributed by atoms with Gasteiger partial charge in [0.05, 0.1) is 54.8 Å².